The fraction of sp³-hybridized carbons (Fsp3) is 0.846. The molecular weight excluding hydrogens is 228 g/mol. The Morgan fingerprint density at radius 1 is 1.39 bits per heavy atom. The lowest BCUT2D eigenvalue weighted by Crippen LogP contribution is -2.19. The van der Waals surface area contributed by atoms with Gasteiger partial charge in [0.05, 0.1) is 23.5 Å². The molecule has 1 unspecified atom stereocenters. The van der Waals surface area contributed by atoms with E-state index >= 15 is 0 Å². The van der Waals surface area contributed by atoms with Gasteiger partial charge in [-0.2, -0.15) is 0 Å². The predicted octanol–water partition coefficient (Wildman–Crippen LogP) is 1.99. The van der Waals surface area contributed by atoms with Crippen LogP contribution in [0.2, 0.25) is 0 Å². The molecule has 0 amide bonds. The van der Waals surface area contributed by atoms with Gasteiger partial charge in [-0.1, -0.05) is 24.5 Å². The zero-order valence-electron chi connectivity index (χ0n) is 11.4. The van der Waals surface area contributed by atoms with Crippen molar-refractivity contribution in [1.29, 1.82) is 0 Å². The number of aromatic nitrogens is 3. The average molecular weight is 252 g/mol. The van der Waals surface area contributed by atoms with Crippen molar-refractivity contribution in [3.05, 3.63) is 11.4 Å². The molecule has 5 heteroatoms. The molecule has 2 N–H and O–H groups in total. The second kappa shape index (κ2) is 6.29. The molecule has 0 radical (unpaired) electrons. The number of hydrogen-bond donors (Lipinski definition) is 1. The Labute approximate surface area is 109 Å². The number of ether oxygens (including phenoxy) is 1. The topological polar surface area (TPSA) is 66.0 Å². The lowest BCUT2D eigenvalue weighted by molar-refractivity contribution is 0.107. The second-order valence-corrected chi connectivity index (χ2v) is 5.07. The second-order valence-electron chi connectivity index (χ2n) is 5.07. The standard InChI is InChI=1S/C13H24N4O/c1-10(18-2)13-12(8-9-14)15-16-17(13)11-6-4-3-5-7-11/h10-11H,3-9,14H2,1-2H3. The van der Waals surface area contributed by atoms with E-state index in [1.807, 2.05) is 0 Å². The van der Waals surface area contributed by atoms with Crippen LogP contribution in [0.3, 0.4) is 0 Å². The molecule has 1 aliphatic carbocycles. The monoisotopic (exact) mass is 252 g/mol. The van der Waals surface area contributed by atoms with Crippen molar-refractivity contribution in [3.8, 4) is 0 Å². The maximum absolute atomic E-state index is 5.64. The van der Waals surface area contributed by atoms with Crippen molar-refractivity contribution in [1.82, 2.24) is 15.0 Å². The summed E-state index contributed by atoms with van der Waals surface area (Å²) in [6.45, 7) is 2.66. The summed E-state index contributed by atoms with van der Waals surface area (Å²) in [6, 6.07) is 0.491. The Balaban J connectivity index is 2.27. The summed E-state index contributed by atoms with van der Waals surface area (Å²) in [5.74, 6) is 0. The van der Waals surface area contributed by atoms with E-state index in [2.05, 4.69) is 21.9 Å². The summed E-state index contributed by atoms with van der Waals surface area (Å²) in [5, 5.41) is 8.66. The Morgan fingerprint density at radius 2 is 2.11 bits per heavy atom. The van der Waals surface area contributed by atoms with Crippen molar-refractivity contribution in [3.63, 3.8) is 0 Å². The number of nitrogens with zero attached hydrogens (tertiary/aromatic N) is 3. The minimum Gasteiger partial charge on any atom is -0.375 e. The number of methoxy groups -OCH3 is 1. The minimum atomic E-state index is 0.0310. The lowest BCUT2D eigenvalue weighted by atomic mass is 9.95. The third-order valence-electron chi connectivity index (χ3n) is 3.84. The van der Waals surface area contributed by atoms with Gasteiger partial charge in [-0.25, -0.2) is 4.68 Å². The Hall–Kier alpha value is -0.940. The van der Waals surface area contributed by atoms with Crippen LogP contribution >= 0.6 is 0 Å². The molecular formula is C13H24N4O. The summed E-state index contributed by atoms with van der Waals surface area (Å²) >= 11 is 0. The maximum atomic E-state index is 5.64. The van der Waals surface area contributed by atoms with Crippen LogP contribution in [-0.2, 0) is 11.2 Å². The van der Waals surface area contributed by atoms with Crippen LogP contribution in [-0.4, -0.2) is 28.6 Å². The Morgan fingerprint density at radius 3 is 2.72 bits per heavy atom. The number of rotatable bonds is 5. The molecule has 0 aromatic carbocycles. The Bertz CT molecular complexity index is 371. The quantitative estimate of drug-likeness (QED) is 0.870. The largest absolute Gasteiger partial charge is 0.375 e. The van der Waals surface area contributed by atoms with Crippen molar-refractivity contribution < 1.29 is 4.74 Å². The molecule has 0 saturated heterocycles. The van der Waals surface area contributed by atoms with E-state index in [1.54, 1.807) is 7.11 Å². The van der Waals surface area contributed by atoms with E-state index in [0.717, 1.165) is 17.8 Å². The molecule has 1 aliphatic rings. The van der Waals surface area contributed by atoms with Crippen LogP contribution in [0.15, 0.2) is 0 Å². The fourth-order valence-corrected chi connectivity index (χ4v) is 2.78. The van der Waals surface area contributed by atoms with E-state index in [-0.39, 0.29) is 6.10 Å². The van der Waals surface area contributed by atoms with E-state index in [4.69, 9.17) is 10.5 Å². The first-order valence-corrected chi connectivity index (χ1v) is 6.94. The molecule has 0 spiro atoms. The van der Waals surface area contributed by atoms with Gasteiger partial charge in [0, 0.05) is 13.5 Å². The van der Waals surface area contributed by atoms with Crippen LogP contribution < -0.4 is 5.73 Å². The lowest BCUT2D eigenvalue weighted by Gasteiger charge is -2.25. The highest BCUT2D eigenvalue weighted by Crippen LogP contribution is 2.31. The first kappa shape index (κ1) is 13.5. The van der Waals surface area contributed by atoms with Gasteiger partial charge in [0.1, 0.15) is 0 Å². The van der Waals surface area contributed by atoms with Gasteiger partial charge in [0.2, 0.25) is 0 Å². The molecule has 1 aromatic rings. The molecule has 102 valence electrons. The van der Waals surface area contributed by atoms with Crippen LogP contribution in [0, 0.1) is 0 Å². The summed E-state index contributed by atoms with van der Waals surface area (Å²) < 4.78 is 7.57. The van der Waals surface area contributed by atoms with Gasteiger partial charge in [-0.15, -0.1) is 5.10 Å². The van der Waals surface area contributed by atoms with Gasteiger partial charge in [-0.05, 0) is 26.3 Å². The van der Waals surface area contributed by atoms with Crippen molar-refractivity contribution in [2.45, 2.75) is 57.6 Å². The van der Waals surface area contributed by atoms with Crippen molar-refractivity contribution in [2.75, 3.05) is 13.7 Å². The summed E-state index contributed by atoms with van der Waals surface area (Å²) in [7, 11) is 1.73. The molecule has 1 heterocycles. The maximum Gasteiger partial charge on any atom is 0.0979 e. The van der Waals surface area contributed by atoms with E-state index < -0.39 is 0 Å². The zero-order valence-corrected chi connectivity index (χ0v) is 11.4. The van der Waals surface area contributed by atoms with Gasteiger partial charge in [0.15, 0.2) is 0 Å². The van der Waals surface area contributed by atoms with Crippen molar-refractivity contribution >= 4 is 0 Å². The van der Waals surface area contributed by atoms with Crippen LogP contribution in [0.1, 0.15) is 62.6 Å². The Kier molecular flexibility index (Phi) is 4.72. The number of nitrogens with two attached hydrogens (primary N) is 1. The van der Waals surface area contributed by atoms with Gasteiger partial charge in [-0.3, -0.25) is 0 Å². The predicted molar refractivity (Wildman–Crippen MR) is 70.3 cm³/mol. The first-order chi connectivity index (χ1) is 8.77. The summed E-state index contributed by atoms with van der Waals surface area (Å²) in [4.78, 5) is 0. The summed E-state index contributed by atoms with van der Waals surface area (Å²) in [6.07, 6.45) is 7.13. The first-order valence-electron chi connectivity index (χ1n) is 6.94. The third-order valence-corrected chi connectivity index (χ3v) is 3.84. The third kappa shape index (κ3) is 2.72. The van der Waals surface area contributed by atoms with Gasteiger partial charge >= 0.3 is 0 Å². The molecule has 18 heavy (non-hydrogen) atoms. The SMILES string of the molecule is COC(C)c1c(CCN)nnn1C1CCCCC1. The summed E-state index contributed by atoms with van der Waals surface area (Å²) in [5.41, 5.74) is 7.76. The molecule has 1 saturated carbocycles. The van der Waals surface area contributed by atoms with E-state index in [9.17, 15) is 0 Å². The van der Waals surface area contributed by atoms with Crippen LogP contribution in [0.25, 0.3) is 0 Å². The molecule has 2 rings (SSSR count). The van der Waals surface area contributed by atoms with Gasteiger partial charge in [0.25, 0.3) is 0 Å². The van der Waals surface area contributed by atoms with Crippen LogP contribution in [0.5, 0.6) is 0 Å². The van der Waals surface area contributed by atoms with E-state index in [0.29, 0.717) is 12.6 Å². The normalized spacial score (nSPS) is 19.1. The molecule has 1 fully saturated rings. The minimum absolute atomic E-state index is 0.0310. The van der Waals surface area contributed by atoms with Crippen LogP contribution in [0.4, 0.5) is 0 Å². The highest BCUT2D eigenvalue weighted by atomic mass is 16.5. The van der Waals surface area contributed by atoms with Crippen molar-refractivity contribution in [2.24, 2.45) is 5.73 Å². The molecule has 5 nitrogen and oxygen atoms in total. The smallest absolute Gasteiger partial charge is 0.0979 e. The zero-order chi connectivity index (χ0) is 13.0. The fourth-order valence-electron chi connectivity index (χ4n) is 2.78. The molecule has 0 aliphatic heterocycles. The molecule has 1 aromatic heterocycles. The van der Waals surface area contributed by atoms with E-state index in [1.165, 1.54) is 32.1 Å². The van der Waals surface area contributed by atoms with Gasteiger partial charge < -0.3 is 10.5 Å². The average Bonchev–Trinajstić information content (AvgIpc) is 2.83. The highest BCUT2D eigenvalue weighted by Gasteiger charge is 2.24. The highest BCUT2D eigenvalue weighted by molar-refractivity contribution is 5.14. The number of hydrogen-bond acceptors (Lipinski definition) is 4. The molecule has 0 bridgehead atoms. The molecule has 1 atom stereocenters.